The van der Waals surface area contributed by atoms with E-state index < -0.39 is 19.6 Å². The molecule has 0 radical (unpaired) electrons. The van der Waals surface area contributed by atoms with E-state index in [1.54, 1.807) is 7.22 Å². The molecule has 104 valence electrons. The molecule has 0 aromatic heterocycles. The Hall–Kier alpha value is -0.810. The summed E-state index contributed by atoms with van der Waals surface area (Å²) in [7, 11) is 0. The van der Waals surface area contributed by atoms with Crippen molar-refractivity contribution < 1.29 is 0 Å². The Kier molecular flexibility index (Phi) is 3.58. The number of hydrogen-bond acceptors (Lipinski definition) is 0. The summed E-state index contributed by atoms with van der Waals surface area (Å²) >= 11 is 2.32. The van der Waals surface area contributed by atoms with E-state index in [9.17, 15) is 0 Å². The number of benzene rings is 3. The van der Waals surface area contributed by atoms with Gasteiger partial charge in [-0.1, -0.05) is 0 Å². The van der Waals surface area contributed by atoms with Gasteiger partial charge in [-0.3, -0.25) is 0 Å². The van der Waals surface area contributed by atoms with E-state index >= 15 is 0 Å². The van der Waals surface area contributed by atoms with Crippen LogP contribution < -0.4 is 7.22 Å². The molecule has 0 atom stereocenters. The standard InChI is InChI=1S/C19H16BrTe/c1-21(15-5-3-2-4-6-15)17-12-10-14-8-7-13-9-11-16(20)19(17)18(13)14/h2-6,9-12H,7-8H2,1H3/q+1. The Morgan fingerprint density at radius 3 is 2.19 bits per heavy atom. The van der Waals surface area contributed by atoms with E-state index in [0.717, 1.165) is 0 Å². The van der Waals surface area contributed by atoms with Crippen molar-refractivity contribution in [1.29, 1.82) is 0 Å². The van der Waals surface area contributed by atoms with Gasteiger partial charge >= 0.3 is 141 Å². The fourth-order valence-electron chi connectivity index (χ4n) is 3.26. The van der Waals surface area contributed by atoms with Crippen molar-refractivity contribution in [2.75, 3.05) is 0 Å². The molecule has 0 fully saturated rings. The fraction of sp³-hybridized carbons (Fsp3) is 0.158. The predicted octanol–water partition coefficient (Wildman–Crippen LogP) is 3.94. The monoisotopic (exact) mass is 453 g/mol. The first kappa shape index (κ1) is 13.8. The van der Waals surface area contributed by atoms with Gasteiger partial charge < -0.3 is 0 Å². The Morgan fingerprint density at radius 1 is 0.810 bits per heavy atom. The summed E-state index contributed by atoms with van der Waals surface area (Å²) in [5.41, 5.74) is 3.06. The maximum atomic E-state index is 3.81. The first-order valence-electron chi connectivity index (χ1n) is 7.19. The van der Waals surface area contributed by atoms with E-state index in [4.69, 9.17) is 0 Å². The van der Waals surface area contributed by atoms with Gasteiger partial charge in [-0.25, -0.2) is 0 Å². The number of rotatable bonds is 2. The Bertz CT molecular complexity index is 814. The van der Waals surface area contributed by atoms with E-state index in [-0.39, 0.29) is 0 Å². The first-order valence-corrected chi connectivity index (χ1v) is 12.6. The second-order valence-electron chi connectivity index (χ2n) is 5.50. The quantitative estimate of drug-likeness (QED) is 0.518. The molecule has 0 aliphatic heterocycles. The van der Waals surface area contributed by atoms with Gasteiger partial charge in [0.2, 0.25) is 0 Å². The summed E-state index contributed by atoms with van der Waals surface area (Å²) in [5, 5.41) is 3.02. The Labute approximate surface area is 141 Å². The van der Waals surface area contributed by atoms with Gasteiger partial charge in [0, 0.05) is 0 Å². The van der Waals surface area contributed by atoms with Gasteiger partial charge in [0.1, 0.15) is 0 Å². The van der Waals surface area contributed by atoms with Gasteiger partial charge in [-0.05, 0) is 0 Å². The fourth-order valence-corrected chi connectivity index (χ4v) is 8.81. The van der Waals surface area contributed by atoms with E-state index in [1.165, 1.54) is 39.2 Å². The number of aryl methyl sites for hydroxylation is 2. The zero-order valence-corrected chi connectivity index (χ0v) is 15.8. The molecule has 4 rings (SSSR count). The van der Waals surface area contributed by atoms with Crippen LogP contribution in [0.4, 0.5) is 0 Å². The molecular formula is C19H16BrTe+. The minimum absolute atomic E-state index is 1.20. The molecule has 2 heteroatoms. The third-order valence-electron chi connectivity index (χ3n) is 4.33. The van der Waals surface area contributed by atoms with Gasteiger partial charge in [-0.15, -0.1) is 0 Å². The third kappa shape index (κ3) is 2.25. The SMILES string of the molecule is C[Te+](c1ccccc1)c1ccc2c3c(ccc(Br)c13)CC2. The van der Waals surface area contributed by atoms with Gasteiger partial charge in [-0.2, -0.15) is 0 Å². The summed E-state index contributed by atoms with van der Waals surface area (Å²) in [6.07, 6.45) is 2.40. The summed E-state index contributed by atoms with van der Waals surface area (Å²) in [4.78, 5) is 2.48. The first-order chi connectivity index (χ1) is 10.3. The number of hydrogen-bond donors (Lipinski definition) is 0. The van der Waals surface area contributed by atoms with E-state index in [2.05, 4.69) is 75.5 Å². The van der Waals surface area contributed by atoms with Crippen LogP contribution in [0.3, 0.4) is 0 Å². The van der Waals surface area contributed by atoms with Crippen LogP contribution in [0.1, 0.15) is 11.1 Å². The van der Waals surface area contributed by atoms with Gasteiger partial charge in [0.05, 0.1) is 0 Å². The molecule has 0 spiro atoms. The van der Waals surface area contributed by atoms with Gasteiger partial charge in [0.15, 0.2) is 0 Å². The van der Waals surface area contributed by atoms with E-state index in [0.29, 0.717) is 0 Å². The molecule has 21 heavy (non-hydrogen) atoms. The number of halogens is 1. The van der Waals surface area contributed by atoms with Crippen LogP contribution in [-0.2, 0) is 12.8 Å². The molecule has 0 N–H and O–H groups in total. The van der Waals surface area contributed by atoms with Crippen molar-refractivity contribution in [1.82, 2.24) is 0 Å². The zero-order valence-electron chi connectivity index (χ0n) is 11.9. The third-order valence-corrected chi connectivity index (χ3v) is 10.6. The second kappa shape index (κ2) is 5.43. The molecule has 0 saturated heterocycles. The predicted molar refractivity (Wildman–Crippen MR) is 96.4 cm³/mol. The van der Waals surface area contributed by atoms with Crippen molar-refractivity contribution in [3.05, 3.63) is 70.2 Å². The van der Waals surface area contributed by atoms with Crippen LogP contribution >= 0.6 is 15.9 Å². The topological polar surface area (TPSA) is 0 Å². The second-order valence-corrected chi connectivity index (χ2v) is 11.9. The van der Waals surface area contributed by atoms with Crippen molar-refractivity contribution in [3.63, 3.8) is 0 Å². The molecule has 0 unspecified atom stereocenters. The van der Waals surface area contributed by atoms with Crippen LogP contribution in [0.2, 0.25) is 4.97 Å². The van der Waals surface area contributed by atoms with Crippen molar-refractivity contribution in [2.24, 2.45) is 0 Å². The molecule has 3 aromatic rings. The summed E-state index contributed by atoms with van der Waals surface area (Å²) < 4.78 is 4.41. The molecule has 3 aromatic carbocycles. The molecule has 0 nitrogen and oxygen atoms in total. The molecular weight excluding hydrogens is 436 g/mol. The molecule has 0 amide bonds. The molecule has 1 aliphatic rings. The molecule has 1 aliphatic carbocycles. The molecule has 0 heterocycles. The Balaban J connectivity index is 1.99. The molecule has 0 saturated carbocycles. The summed E-state index contributed by atoms with van der Waals surface area (Å²) in [6.45, 7) is 0. The van der Waals surface area contributed by atoms with Crippen LogP contribution in [0.5, 0.6) is 0 Å². The van der Waals surface area contributed by atoms with Crippen molar-refractivity contribution >= 4 is 53.5 Å². The average molecular weight is 452 g/mol. The van der Waals surface area contributed by atoms with Crippen molar-refractivity contribution in [2.45, 2.75) is 17.8 Å². The van der Waals surface area contributed by atoms with Gasteiger partial charge in [0.25, 0.3) is 0 Å². The zero-order chi connectivity index (χ0) is 14.4. The normalized spacial score (nSPS) is 13.3. The Morgan fingerprint density at radius 2 is 1.48 bits per heavy atom. The molecule has 0 bridgehead atoms. The average Bonchev–Trinajstić information content (AvgIpc) is 2.95. The minimum atomic E-state index is -1.49. The summed E-state index contributed by atoms with van der Waals surface area (Å²) in [6, 6.07) is 20.4. The van der Waals surface area contributed by atoms with E-state index in [1.807, 2.05) is 0 Å². The summed E-state index contributed by atoms with van der Waals surface area (Å²) in [5.74, 6) is 0. The van der Waals surface area contributed by atoms with Crippen molar-refractivity contribution in [3.8, 4) is 0 Å². The van der Waals surface area contributed by atoms with Crippen LogP contribution in [0, 0.1) is 0 Å². The van der Waals surface area contributed by atoms with Crippen LogP contribution in [-0.4, -0.2) is 19.6 Å². The maximum absolute atomic E-state index is 3.81. The van der Waals surface area contributed by atoms with Crippen LogP contribution in [0.15, 0.2) is 59.1 Å². The van der Waals surface area contributed by atoms with Crippen LogP contribution in [0.25, 0.3) is 10.8 Å².